The van der Waals surface area contributed by atoms with Crippen molar-refractivity contribution in [2.24, 2.45) is 10.9 Å². The molecule has 108 valence electrons. The number of aryl methyl sites for hydroxylation is 1. The van der Waals surface area contributed by atoms with Crippen molar-refractivity contribution in [3.05, 3.63) is 59.2 Å². The normalized spacial score (nSPS) is 11.2. The highest BCUT2D eigenvalue weighted by atomic mass is 16.4. The molecule has 0 saturated heterocycles. The fourth-order valence-electron chi connectivity index (χ4n) is 1.78. The zero-order chi connectivity index (χ0) is 15.4. The van der Waals surface area contributed by atoms with Gasteiger partial charge in [0.1, 0.15) is 5.75 Å². The smallest absolute Gasteiger partial charge is 0.255 e. The van der Waals surface area contributed by atoms with Crippen LogP contribution in [0, 0.1) is 6.92 Å². The highest BCUT2D eigenvalue weighted by molar-refractivity contribution is 6.06. The van der Waals surface area contributed by atoms with Gasteiger partial charge in [-0.1, -0.05) is 17.3 Å². The minimum absolute atomic E-state index is 0.0323. The molecule has 1 amide bonds. The molecule has 0 aliphatic heterocycles. The molecule has 0 radical (unpaired) electrons. The predicted molar refractivity (Wildman–Crippen MR) is 79.7 cm³/mol. The molecule has 0 heterocycles. The third kappa shape index (κ3) is 3.30. The largest absolute Gasteiger partial charge is 0.508 e. The van der Waals surface area contributed by atoms with E-state index in [0.29, 0.717) is 16.8 Å². The number of amidine groups is 1. The second kappa shape index (κ2) is 5.96. The van der Waals surface area contributed by atoms with Gasteiger partial charge in [0, 0.05) is 16.8 Å². The monoisotopic (exact) mass is 285 g/mol. The Morgan fingerprint density at radius 3 is 2.38 bits per heavy atom. The van der Waals surface area contributed by atoms with Crippen molar-refractivity contribution in [2.45, 2.75) is 6.92 Å². The number of aromatic hydroxyl groups is 1. The Kier molecular flexibility index (Phi) is 4.08. The van der Waals surface area contributed by atoms with Gasteiger partial charge in [-0.2, -0.15) is 0 Å². The van der Waals surface area contributed by atoms with E-state index >= 15 is 0 Å². The lowest BCUT2D eigenvalue weighted by atomic mass is 10.1. The summed E-state index contributed by atoms with van der Waals surface area (Å²) in [5.41, 5.74) is 7.86. The molecule has 2 aromatic rings. The van der Waals surface area contributed by atoms with Gasteiger partial charge in [0.2, 0.25) is 0 Å². The average Bonchev–Trinajstić information content (AvgIpc) is 2.49. The number of nitrogens with one attached hydrogen (secondary N) is 1. The third-order valence-corrected chi connectivity index (χ3v) is 3.02. The van der Waals surface area contributed by atoms with E-state index in [1.807, 2.05) is 6.92 Å². The SMILES string of the molecule is Cc1ccc(C(N)=NO)cc1NC(=O)c1ccc(O)cc1. The molecule has 0 aliphatic carbocycles. The number of carbonyl (C=O) groups excluding carboxylic acids is 1. The van der Waals surface area contributed by atoms with E-state index in [0.717, 1.165) is 5.56 Å². The average molecular weight is 285 g/mol. The number of nitrogens with two attached hydrogens (primary N) is 1. The zero-order valence-corrected chi connectivity index (χ0v) is 11.4. The van der Waals surface area contributed by atoms with Gasteiger partial charge in [-0.25, -0.2) is 0 Å². The van der Waals surface area contributed by atoms with Gasteiger partial charge >= 0.3 is 0 Å². The Labute approximate surface area is 121 Å². The van der Waals surface area contributed by atoms with Crippen LogP contribution in [0.15, 0.2) is 47.6 Å². The van der Waals surface area contributed by atoms with E-state index in [-0.39, 0.29) is 17.5 Å². The molecule has 0 saturated carbocycles. The van der Waals surface area contributed by atoms with Crippen LogP contribution < -0.4 is 11.1 Å². The van der Waals surface area contributed by atoms with E-state index < -0.39 is 0 Å². The maximum atomic E-state index is 12.1. The number of oxime groups is 1. The van der Waals surface area contributed by atoms with E-state index in [9.17, 15) is 9.90 Å². The van der Waals surface area contributed by atoms with Gasteiger partial charge < -0.3 is 21.4 Å². The van der Waals surface area contributed by atoms with Crippen molar-refractivity contribution >= 4 is 17.4 Å². The van der Waals surface area contributed by atoms with Gasteiger partial charge in [-0.05, 0) is 42.8 Å². The van der Waals surface area contributed by atoms with Gasteiger partial charge in [0.05, 0.1) is 0 Å². The Hall–Kier alpha value is -3.02. The van der Waals surface area contributed by atoms with Crippen LogP contribution in [0.1, 0.15) is 21.5 Å². The summed E-state index contributed by atoms with van der Waals surface area (Å²) in [6.07, 6.45) is 0. The first-order chi connectivity index (χ1) is 10.0. The number of phenolic OH excluding ortho intramolecular Hbond substituents is 1. The molecule has 21 heavy (non-hydrogen) atoms. The highest BCUT2D eigenvalue weighted by Crippen LogP contribution is 2.18. The summed E-state index contributed by atoms with van der Waals surface area (Å²) in [6.45, 7) is 1.84. The molecule has 2 aromatic carbocycles. The summed E-state index contributed by atoms with van der Waals surface area (Å²) < 4.78 is 0. The first-order valence-corrected chi connectivity index (χ1v) is 6.20. The first kappa shape index (κ1) is 14.4. The number of hydrogen-bond acceptors (Lipinski definition) is 4. The van der Waals surface area contributed by atoms with Crippen LogP contribution in [0.4, 0.5) is 5.69 Å². The Balaban J connectivity index is 2.26. The second-order valence-corrected chi connectivity index (χ2v) is 4.52. The molecule has 6 heteroatoms. The number of amides is 1. The number of phenols is 1. The van der Waals surface area contributed by atoms with Crippen molar-refractivity contribution in [1.82, 2.24) is 0 Å². The number of carbonyl (C=O) groups is 1. The van der Waals surface area contributed by atoms with Crippen molar-refractivity contribution in [1.29, 1.82) is 0 Å². The lowest BCUT2D eigenvalue weighted by Gasteiger charge is -2.10. The fraction of sp³-hybridized carbons (Fsp3) is 0.0667. The summed E-state index contributed by atoms with van der Waals surface area (Å²) in [4.78, 5) is 12.1. The fourth-order valence-corrected chi connectivity index (χ4v) is 1.78. The standard InChI is InChI=1S/C15H15N3O3/c1-9-2-3-11(14(16)18-21)8-13(9)17-15(20)10-4-6-12(19)7-5-10/h2-8,19,21H,1H3,(H2,16,18)(H,17,20). The lowest BCUT2D eigenvalue weighted by molar-refractivity contribution is 0.102. The number of nitrogens with zero attached hydrogens (tertiary/aromatic N) is 1. The summed E-state index contributed by atoms with van der Waals surface area (Å²) in [6, 6.07) is 11.0. The molecule has 0 fully saturated rings. The van der Waals surface area contributed by atoms with Crippen molar-refractivity contribution in [2.75, 3.05) is 5.32 Å². The van der Waals surface area contributed by atoms with Crippen LogP contribution in [0.25, 0.3) is 0 Å². The second-order valence-electron chi connectivity index (χ2n) is 4.52. The van der Waals surface area contributed by atoms with E-state index in [4.69, 9.17) is 10.9 Å². The number of rotatable bonds is 3. The van der Waals surface area contributed by atoms with Gasteiger partial charge in [-0.15, -0.1) is 0 Å². The molecule has 2 rings (SSSR count). The molecule has 0 aliphatic rings. The van der Waals surface area contributed by atoms with Crippen molar-refractivity contribution in [3.63, 3.8) is 0 Å². The topological polar surface area (TPSA) is 108 Å². The zero-order valence-electron chi connectivity index (χ0n) is 11.4. The van der Waals surface area contributed by atoms with Crippen LogP contribution in [0.5, 0.6) is 5.75 Å². The highest BCUT2D eigenvalue weighted by Gasteiger charge is 2.09. The summed E-state index contributed by atoms with van der Waals surface area (Å²) >= 11 is 0. The minimum atomic E-state index is -0.310. The number of benzene rings is 2. The number of anilines is 1. The van der Waals surface area contributed by atoms with Crippen LogP contribution in [-0.2, 0) is 0 Å². The quantitative estimate of drug-likeness (QED) is 0.299. The predicted octanol–water partition coefficient (Wildman–Crippen LogP) is 2.05. The maximum Gasteiger partial charge on any atom is 0.255 e. The van der Waals surface area contributed by atoms with Gasteiger partial charge in [0.25, 0.3) is 5.91 Å². The first-order valence-electron chi connectivity index (χ1n) is 6.20. The Morgan fingerprint density at radius 1 is 1.14 bits per heavy atom. The van der Waals surface area contributed by atoms with E-state index in [1.165, 1.54) is 24.3 Å². The molecule has 6 nitrogen and oxygen atoms in total. The number of hydrogen-bond donors (Lipinski definition) is 4. The van der Waals surface area contributed by atoms with Crippen LogP contribution in [-0.4, -0.2) is 22.1 Å². The molecular weight excluding hydrogens is 270 g/mol. The van der Waals surface area contributed by atoms with Crippen LogP contribution >= 0.6 is 0 Å². The molecular formula is C15H15N3O3. The third-order valence-electron chi connectivity index (χ3n) is 3.02. The van der Waals surface area contributed by atoms with Crippen molar-refractivity contribution in [3.8, 4) is 5.75 Å². The Bertz CT molecular complexity index is 694. The molecule has 0 spiro atoms. The maximum absolute atomic E-state index is 12.1. The van der Waals surface area contributed by atoms with Gasteiger partial charge in [-0.3, -0.25) is 4.79 Å². The molecule has 0 aromatic heterocycles. The molecule has 0 bridgehead atoms. The summed E-state index contributed by atoms with van der Waals surface area (Å²) in [7, 11) is 0. The van der Waals surface area contributed by atoms with Crippen LogP contribution in [0.3, 0.4) is 0 Å². The van der Waals surface area contributed by atoms with Crippen LogP contribution in [0.2, 0.25) is 0 Å². The molecule has 0 atom stereocenters. The van der Waals surface area contributed by atoms with E-state index in [2.05, 4.69) is 10.5 Å². The van der Waals surface area contributed by atoms with Crippen molar-refractivity contribution < 1.29 is 15.1 Å². The van der Waals surface area contributed by atoms with E-state index in [1.54, 1.807) is 18.2 Å². The molecule has 0 unspecified atom stereocenters. The molecule has 5 N–H and O–H groups in total. The summed E-state index contributed by atoms with van der Waals surface area (Å²) in [5, 5.41) is 23.6. The minimum Gasteiger partial charge on any atom is -0.508 e. The lowest BCUT2D eigenvalue weighted by Crippen LogP contribution is -2.16. The summed E-state index contributed by atoms with van der Waals surface area (Å²) in [5.74, 6) is -0.249. The van der Waals surface area contributed by atoms with Gasteiger partial charge in [0.15, 0.2) is 5.84 Å². The Morgan fingerprint density at radius 2 is 1.76 bits per heavy atom.